The number of hydrogen-bond donors (Lipinski definition) is 0. The fourth-order valence-corrected chi connectivity index (χ4v) is 1.67. The first-order valence-corrected chi connectivity index (χ1v) is 5.23. The van der Waals surface area contributed by atoms with Crippen LogP contribution in [-0.2, 0) is 4.74 Å². The first-order chi connectivity index (χ1) is 7.36. The lowest BCUT2D eigenvalue weighted by molar-refractivity contribution is 0.0895. The molecule has 0 atom stereocenters. The molecule has 1 aliphatic rings. The molecule has 0 aromatic carbocycles. The van der Waals surface area contributed by atoms with Gasteiger partial charge in [-0.05, 0) is 18.6 Å². The van der Waals surface area contributed by atoms with Crippen molar-refractivity contribution in [3.8, 4) is 0 Å². The van der Waals surface area contributed by atoms with Crippen LogP contribution in [0.2, 0.25) is 0 Å². The summed E-state index contributed by atoms with van der Waals surface area (Å²) in [4.78, 5) is 13.8. The van der Waals surface area contributed by atoms with Crippen molar-refractivity contribution >= 4 is 5.78 Å². The summed E-state index contributed by atoms with van der Waals surface area (Å²) < 4.78 is 10.4. The topological polar surface area (TPSA) is 42.7 Å². The molecule has 0 spiro atoms. The molecule has 1 aromatic heterocycles. The second-order valence-corrected chi connectivity index (χ2v) is 3.64. The molecule has 2 heterocycles. The minimum Gasteiger partial charge on any atom is -0.461 e. The van der Waals surface area contributed by atoms with Crippen molar-refractivity contribution in [2.45, 2.75) is 6.42 Å². The Bertz CT molecular complexity index is 300. The van der Waals surface area contributed by atoms with E-state index >= 15 is 0 Å². The Labute approximate surface area is 88.8 Å². The monoisotopic (exact) mass is 209 g/mol. The molecule has 0 unspecified atom stereocenters. The lowest BCUT2D eigenvalue weighted by atomic mass is 10.2. The summed E-state index contributed by atoms with van der Waals surface area (Å²) in [6, 6.07) is 3.44. The summed E-state index contributed by atoms with van der Waals surface area (Å²) in [6.45, 7) is 3.69. The molecule has 1 aliphatic heterocycles. The van der Waals surface area contributed by atoms with E-state index in [1.807, 2.05) is 0 Å². The van der Waals surface area contributed by atoms with Crippen LogP contribution < -0.4 is 0 Å². The zero-order valence-corrected chi connectivity index (χ0v) is 8.65. The zero-order chi connectivity index (χ0) is 10.5. The highest BCUT2D eigenvalue weighted by Crippen LogP contribution is 2.05. The minimum atomic E-state index is 0.0434. The number of Topliss-reactive ketones (excluding diaryl/α,β-unsaturated/α-hetero) is 1. The van der Waals surface area contributed by atoms with Crippen LogP contribution in [0, 0.1) is 0 Å². The maximum atomic E-state index is 11.7. The third-order valence-corrected chi connectivity index (χ3v) is 2.48. The Morgan fingerprint density at radius 3 is 3.13 bits per heavy atom. The molecule has 0 amide bonds. The Hall–Kier alpha value is -1.13. The number of nitrogens with zero attached hydrogens (tertiary/aromatic N) is 1. The second kappa shape index (κ2) is 5.09. The van der Waals surface area contributed by atoms with Gasteiger partial charge in [0.2, 0.25) is 5.78 Å². The molecule has 4 heteroatoms. The van der Waals surface area contributed by atoms with Crippen molar-refractivity contribution < 1.29 is 13.9 Å². The van der Waals surface area contributed by atoms with E-state index in [4.69, 9.17) is 9.15 Å². The lowest BCUT2D eigenvalue weighted by Gasteiger charge is -2.16. The fourth-order valence-electron chi connectivity index (χ4n) is 1.67. The molecule has 1 fully saturated rings. The number of carbonyl (C=O) groups is 1. The number of carbonyl (C=O) groups excluding carboxylic acids is 1. The molecule has 2 rings (SSSR count). The Morgan fingerprint density at radius 1 is 1.40 bits per heavy atom. The van der Waals surface area contributed by atoms with E-state index in [0.29, 0.717) is 18.9 Å². The fraction of sp³-hybridized carbons (Fsp3) is 0.545. The normalized spacial score (nSPS) is 18.7. The summed E-state index contributed by atoms with van der Waals surface area (Å²) in [5.41, 5.74) is 0. The Balaban J connectivity index is 1.87. The summed E-state index contributed by atoms with van der Waals surface area (Å²) in [6.07, 6.45) is 2.52. The van der Waals surface area contributed by atoms with E-state index in [-0.39, 0.29) is 5.78 Å². The second-order valence-electron chi connectivity index (χ2n) is 3.64. The summed E-state index contributed by atoms with van der Waals surface area (Å²) in [7, 11) is 0. The standard InChI is InChI=1S/C11H15NO3/c13-10(11-3-1-7-15-11)9-12-4-2-6-14-8-5-12/h1,3,7H,2,4-6,8-9H2. The van der Waals surface area contributed by atoms with Crippen LogP contribution in [0.4, 0.5) is 0 Å². The highest BCUT2D eigenvalue weighted by atomic mass is 16.5. The van der Waals surface area contributed by atoms with Gasteiger partial charge in [-0.3, -0.25) is 9.69 Å². The molecule has 0 aliphatic carbocycles. The summed E-state index contributed by atoms with van der Waals surface area (Å²) in [5.74, 6) is 0.488. The van der Waals surface area contributed by atoms with Gasteiger partial charge in [0.25, 0.3) is 0 Å². The maximum Gasteiger partial charge on any atom is 0.211 e. The SMILES string of the molecule is O=C(CN1CCCOCC1)c1ccco1. The van der Waals surface area contributed by atoms with Crippen molar-refractivity contribution in [2.24, 2.45) is 0 Å². The molecule has 0 N–H and O–H groups in total. The Morgan fingerprint density at radius 2 is 2.33 bits per heavy atom. The highest BCUT2D eigenvalue weighted by Gasteiger charge is 2.15. The van der Waals surface area contributed by atoms with Gasteiger partial charge >= 0.3 is 0 Å². The molecule has 4 nitrogen and oxygen atoms in total. The van der Waals surface area contributed by atoms with E-state index in [1.54, 1.807) is 12.1 Å². The number of rotatable bonds is 3. The van der Waals surface area contributed by atoms with Crippen LogP contribution in [0.5, 0.6) is 0 Å². The van der Waals surface area contributed by atoms with Crippen LogP contribution in [0.25, 0.3) is 0 Å². The first-order valence-electron chi connectivity index (χ1n) is 5.23. The van der Waals surface area contributed by atoms with Crippen molar-refractivity contribution in [3.63, 3.8) is 0 Å². The minimum absolute atomic E-state index is 0.0434. The predicted octanol–water partition coefficient (Wildman–Crippen LogP) is 1.18. The van der Waals surface area contributed by atoms with Gasteiger partial charge < -0.3 is 9.15 Å². The number of furan rings is 1. The molecular weight excluding hydrogens is 194 g/mol. The first kappa shape index (κ1) is 10.4. The molecular formula is C11H15NO3. The van der Waals surface area contributed by atoms with Crippen LogP contribution in [0.15, 0.2) is 22.8 Å². The molecule has 15 heavy (non-hydrogen) atoms. The van der Waals surface area contributed by atoms with Crippen molar-refractivity contribution in [1.82, 2.24) is 4.90 Å². The highest BCUT2D eigenvalue weighted by molar-refractivity contribution is 5.94. The molecule has 0 bridgehead atoms. The average molecular weight is 209 g/mol. The zero-order valence-electron chi connectivity index (χ0n) is 8.65. The predicted molar refractivity (Wildman–Crippen MR) is 54.9 cm³/mol. The van der Waals surface area contributed by atoms with Gasteiger partial charge in [0, 0.05) is 19.7 Å². The van der Waals surface area contributed by atoms with Gasteiger partial charge in [0.1, 0.15) is 0 Å². The Kier molecular flexibility index (Phi) is 3.53. The van der Waals surface area contributed by atoms with Gasteiger partial charge in [0.05, 0.1) is 19.4 Å². The quantitative estimate of drug-likeness (QED) is 0.701. The van der Waals surface area contributed by atoms with E-state index in [2.05, 4.69) is 4.90 Å². The molecule has 1 aromatic rings. The van der Waals surface area contributed by atoms with Crippen LogP contribution >= 0.6 is 0 Å². The summed E-state index contributed by atoms with van der Waals surface area (Å²) >= 11 is 0. The van der Waals surface area contributed by atoms with Gasteiger partial charge in [-0.15, -0.1) is 0 Å². The lowest BCUT2D eigenvalue weighted by Crippen LogP contribution is -2.31. The molecule has 82 valence electrons. The van der Waals surface area contributed by atoms with Gasteiger partial charge in [0.15, 0.2) is 5.76 Å². The van der Waals surface area contributed by atoms with Gasteiger partial charge in [-0.25, -0.2) is 0 Å². The van der Waals surface area contributed by atoms with Crippen LogP contribution in [0.1, 0.15) is 17.0 Å². The molecule has 0 radical (unpaired) electrons. The van der Waals surface area contributed by atoms with E-state index in [9.17, 15) is 4.79 Å². The van der Waals surface area contributed by atoms with Crippen molar-refractivity contribution in [3.05, 3.63) is 24.2 Å². The third kappa shape index (κ3) is 2.91. The van der Waals surface area contributed by atoms with E-state index in [1.165, 1.54) is 6.26 Å². The average Bonchev–Trinajstić information content (AvgIpc) is 2.65. The van der Waals surface area contributed by atoms with Crippen LogP contribution in [0.3, 0.4) is 0 Å². The van der Waals surface area contributed by atoms with Crippen molar-refractivity contribution in [2.75, 3.05) is 32.8 Å². The van der Waals surface area contributed by atoms with E-state index < -0.39 is 0 Å². The largest absolute Gasteiger partial charge is 0.461 e. The molecule has 1 saturated heterocycles. The number of ether oxygens (including phenoxy) is 1. The number of hydrogen-bond acceptors (Lipinski definition) is 4. The van der Waals surface area contributed by atoms with Gasteiger partial charge in [-0.2, -0.15) is 0 Å². The van der Waals surface area contributed by atoms with Crippen LogP contribution in [-0.4, -0.2) is 43.5 Å². The molecule has 0 saturated carbocycles. The van der Waals surface area contributed by atoms with Gasteiger partial charge in [-0.1, -0.05) is 0 Å². The third-order valence-electron chi connectivity index (χ3n) is 2.48. The number of ketones is 1. The van der Waals surface area contributed by atoms with Crippen molar-refractivity contribution in [1.29, 1.82) is 0 Å². The maximum absolute atomic E-state index is 11.7. The smallest absolute Gasteiger partial charge is 0.211 e. The summed E-state index contributed by atoms with van der Waals surface area (Å²) in [5, 5.41) is 0. The van der Waals surface area contributed by atoms with E-state index in [0.717, 1.165) is 26.1 Å².